The first-order valence-electron chi connectivity index (χ1n) is 8.08. The molecular weight excluding hydrogens is 308 g/mol. The number of ether oxygens (including phenoxy) is 1. The molecule has 0 aliphatic carbocycles. The van der Waals surface area contributed by atoms with E-state index in [4.69, 9.17) is 16.3 Å². The number of fused-ring (bicyclic) bond motifs is 3. The third kappa shape index (κ3) is 2.48. The van der Waals surface area contributed by atoms with Crippen molar-refractivity contribution in [3.05, 3.63) is 53.1 Å². The summed E-state index contributed by atoms with van der Waals surface area (Å²) in [6, 6.07) is 15.1. The lowest BCUT2D eigenvalue weighted by Gasteiger charge is -2.38. The fraction of sp³-hybridized carbons (Fsp3) is 0.368. The first kappa shape index (κ1) is 14.9. The normalized spacial score (nSPS) is 23.5. The molecule has 4 heteroatoms. The number of rotatable bonds is 2. The first-order chi connectivity index (χ1) is 11.2. The lowest BCUT2D eigenvalue weighted by atomic mass is 9.88. The molecule has 2 aromatic rings. The number of anilines is 2. The van der Waals surface area contributed by atoms with E-state index < -0.39 is 0 Å². The average molecular weight is 329 g/mol. The molecule has 0 bridgehead atoms. The zero-order valence-corrected chi connectivity index (χ0v) is 14.3. The monoisotopic (exact) mass is 328 g/mol. The van der Waals surface area contributed by atoms with Crippen LogP contribution in [0.3, 0.4) is 0 Å². The van der Waals surface area contributed by atoms with Crippen molar-refractivity contribution in [2.75, 3.05) is 32.1 Å². The Morgan fingerprint density at radius 3 is 2.65 bits per heavy atom. The van der Waals surface area contributed by atoms with Crippen LogP contribution in [-0.4, -0.2) is 38.2 Å². The smallest absolute Gasteiger partial charge is 0.119 e. The van der Waals surface area contributed by atoms with Crippen LogP contribution < -0.4 is 9.64 Å². The van der Waals surface area contributed by atoms with Crippen LogP contribution in [0.2, 0.25) is 5.02 Å². The van der Waals surface area contributed by atoms with Gasteiger partial charge in [0.2, 0.25) is 0 Å². The number of benzene rings is 2. The maximum atomic E-state index is 6.27. The molecular formula is C19H21ClN2O. The van der Waals surface area contributed by atoms with E-state index in [2.05, 4.69) is 41.1 Å². The van der Waals surface area contributed by atoms with E-state index in [1.165, 1.54) is 23.4 Å². The maximum absolute atomic E-state index is 6.27. The van der Waals surface area contributed by atoms with Crippen molar-refractivity contribution in [3.8, 4) is 5.75 Å². The summed E-state index contributed by atoms with van der Waals surface area (Å²) in [4.78, 5) is 4.90. The molecule has 2 heterocycles. The molecule has 0 N–H and O–H groups in total. The van der Waals surface area contributed by atoms with Crippen LogP contribution >= 0.6 is 11.6 Å². The molecule has 0 radical (unpaired) electrons. The second-order valence-corrected chi connectivity index (χ2v) is 6.93. The van der Waals surface area contributed by atoms with Crippen LogP contribution in [0.15, 0.2) is 42.5 Å². The van der Waals surface area contributed by atoms with Gasteiger partial charge in [0.05, 0.1) is 13.2 Å². The molecule has 23 heavy (non-hydrogen) atoms. The standard InChI is InChI=1S/C19H21ClN2O/c1-21-10-9-16-17-11-13(20)3-8-18(17)22(19(16)12-21)14-4-6-15(23-2)7-5-14/h3-8,11,16,19H,9-10,12H2,1-2H3. The zero-order chi connectivity index (χ0) is 16.0. The van der Waals surface area contributed by atoms with Crippen LogP contribution in [-0.2, 0) is 0 Å². The fourth-order valence-corrected chi connectivity index (χ4v) is 4.19. The summed E-state index contributed by atoms with van der Waals surface area (Å²) in [6.45, 7) is 2.21. The summed E-state index contributed by atoms with van der Waals surface area (Å²) in [7, 11) is 3.91. The molecule has 0 aromatic heterocycles. The Morgan fingerprint density at radius 2 is 1.91 bits per heavy atom. The minimum absolute atomic E-state index is 0.468. The molecule has 0 amide bonds. The molecule has 2 aromatic carbocycles. The highest BCUT2D eigenvalue weighted by molar-refractivity contribution is 6.30. The van der Waals surface area contributed by atoms with E-state index in [-0.39, 0.29) is 0 Å². The third-order valence-corrected chi connectivity index (χ3v) is 5.35. The summed E-state index contributed by atoms with van der Waals surface area (Å²) in [5.41, 5.74) is 3.91. The quantitative estimate of drug-likeness (QED) is 0.818. The molecule has 4 rings (SSSR count). The number of piperidine rings is 1. The molecule has 2 atom stereocenters. The molecule has 0 spiro atoms. The minimum Gasteiger partial charge on any atom is -0.497 e. The Bertz CT molecular complexity index is 716. The Kier molecular flexibility index (Phi) is 3.70. The van der Waals surface area contributed by atoms with E-state index in [9.17, 15) is 0 Å². The summed E-state index contributed by atoms with van der Waals surface area (Å²) in [6.07, 6.45) is 1.18. The van der Waals surface area contributed by atoms with Crippen molar-refractivity contribution in [2.24, 2.45) is 0 Å². The Labute approximate surface area is 142 Å². The summed E-state index contributed by atoms with van der Waals surface area (Å²) in [5, 5.41) is 0.831. The van der Waals surface area contributed by atoms with Crippen molar-refractivity contribution in [3.63, 3.8) is 0 Å². The Morgan fingerprint density at radius 1 is 1.13 bits per heavy atom. The highest BCUT2D eigenvalue weighted by atomic mass is 35.5. The zero-order valence-electron chi connectivity index (χ0n) is 13.5. The summed E-state index contributed by atoms with van der Waals surface area (Å²) < 4.78 is 5.30. The van der Waals surface area contributed by atoms with Gasteiger partial charge in [0, 0.05) is 28.9 Å². The second-order valence-electron chi connectivity index (χ2n) is 6.50. The Balaban J connectivity index is 1.80. The van der Waals surface area contributed by atoms with Crippen LogP contribution in [0.1, 0.15) is 17.9 Å². The van der Waals surface area contributed by atoms with Crippen molar-refractivity contribution in [1.82, 2.24) is 4.90 Å². The predicted molar refractivity (Wildman–Crippen MR) is 95.2 cm³/mol. The van der Waals surface area contributed by atoms with Crippen molar-refractivity contribution in [2.45, 2.75) is 18.4 Å². The topological polar surface area (TPSA) is 15.7 Å². The number of hydrogen-bond donors (Lipinski definition) is 0. The van der Waals surface area contributed by atoms with Gasteiger partial charge in [-0.1, -0.05) is 11.6 Å². The predicted octanol–water partition coefficient (Wildman–Crippen LogP) is 4.29. The van der Waals surface area contributed by atoms with Gasteiger partial charge in [0.25, 0.3) is 0 Å². The van der Waals surface area contributed by atoms with Gasteiger partial charge in [-0.2, -0.15) is 0 Å². The van der Waals surface area contributed by atoms with Crippen molar-refractivity contribution in [1.29, 1.82) is 0 Å². The summed E-state index contributed by atoms with van der Waals surface area (Å²) >= 11 is 6.27. The number of halogens is 1. The number of hydrogen-bond acceptors (Lipinski definition) is 3. The fourth-order valence-electron chi connectivity index (χ4n) is 4.01. The van der Waals surface area contributed by atoms with Gasteiger partial charge < -0.3 is 14.5 Å². The molecule has 120 valence electrons. The van der Waals surface area contributed by atoms with E-state index in [0.29, 0.717) is 12.0 Å². The molecule has 1 saturated heterocycles. The molecule has 3 nitrogen and oxygen atoms in total. The first-order valence-corrected chi connectivity index (χ1v) is 8.46. The SMILES string of the molecule is COc1ccc(N2c3ccc(Cl)cc3C3CCN(C)CC32)cc1. The van der Waals surface area contributed by atoms with Crippen molar-refractivity contribution >= 4 is 23.0 Å². The molecule has 2 unspecified atom stereocenters. The average Bonchev–Trinajstić information content (AvgIpc) is 2.87. The van der Waals surface area contributed by atoms with Crippen LogP contribution in [0, 0.1) is 0 Å². The van der Waals surface area contributed by atoms with Gasteiger partial charge in [-0.05, 0) is 68.0 Å². The van der Waals surface area contributed by atoms with Gasteiger partial charge in [-0.25, -0.2) is 0 Å². The van der Waals surface area contributed by atoms with Gasteiger partial charge in [-0.3, -0.25) is 0 Å². The van der Waals surface area contributed by atoms with E-state index >= 15 is 0 Å². The molecule has 2 aliphatic rings. The number of methoxy groups -OCH3 is 1. The molecule has 0 saturated carbocycles. The molecule has 2 aliphatic heterocycles. The van der Waals surface area contributed by atoms with Gasteiger partial charge >= 0.3 is 0 Å². The third-order valence-electron chi connectivity index (χ3n) is 5.12. The van der Waals surface area contributed by atoms with E-state index in [0.717, 1.165) is 23.9 Å². The van der Waals surface area contributed by atoms with Gasteiger partial charge in [-0.15, -0.1) is 0 Å². The minimum atomic E-state index is 0.468. The number of likely N-dealkylation sites (tertiary alicyclic amines) is 1. The van der Waals surface area contributed by atoms with Gasteiger partial charge in [0.1, 0.15) is 5.75 Å². The lowest BCUT2D eigenvalue weighted by molar-refractivity contribution is 0.236. The highest BCUT2D eigenvalue weighted by Gasteiger charge is 2.41. The van der Waals surface area contributed by atoms with Crippen LogP contribution in [0.4, 0.5) is 11.4 Å². The van der Waals surface area contributed by atoms with Crippen LogP contribution in [0.25, 0.3) is 0 Å². The van der Waals surface area contributed by atoms with Gasteiger partial charge in [0.15, 0.2) is 0 Å². The van der Waals surface area contributed by atoms with Crippen LogP contribution in [0.5, 0.6) is 5.75 Å². The van der Waals surface area contributed by atoms with Crippen molar-refractivity contribution < 1.29 is 4.74 Å². The van der Waals surface area contributed by atoms with E-state index in [1.807, 2.05) is 18.2 Å². The highest BCUT2D eigenvalue weighted by Crippen LogP contribution is 2.49. The number of likely N-dealkylation sites (N-methyl/N-ethyl adjacent to an activating group) is 1. The molecule has 1 fully saturated rings. The Hall–Kier alpha value is -1.71. The lowest BCUT2D eigenvalue weighted by Crippen LogP contribution is -2.45. The summed E-state index contributed by atoms with van der Waals surface area (Å²) in [5.74, 6) is 1.45. The largest absolute Gasteiger partial charge is 0.497 e. The second kappa shape index (κ2) is 5.73. The number of nitrogens with zero attached hydrogens (tertiary/aromatic N) is 2. The maximum Gasteiger partial charge on any atom is 0.119 e. The van der Waals surface area contributed by atoms with E-state index in [1.54, 1.807) is 7.11 Å².